The van der Waals surface area contributed by atoms with E-state index in [-0.39, 0.29) is 16.4 Å². The molecule has 3 N–H and O–H groups in total. The second-order valence-corrected chi connectivity index (χ2v) is 3.93. The van der Waals surface area contributed by atoms with E-state index in [0.717, 1.165) is 0 Å². The summed E-state index contributed by atoms with van der Waals surface area (Å²) in [5, 5.41) is 2.49. The maximum atomic E-state index is 13.5. The predicted octanol–water partition coefficient (Wildman–Crippen LogP) is 2.71. The van der Waals surface area contributed by atoms with Crippen LogP contribution in [0.1, 0.15) is 10.5 Å². The maximum Gasteiger partial charge on any atom is 0.274 e. The van der Waals surface area contributed by atoms with E-state index in [4.69, 9.17) is 17.3 Å². The highest BCUT2D eigenvalue weighted by Crippen LogP contribution is 2.24. The molecule has 1 amide bonds. The summed E-state index contributed by atoms with van der Waals surface area (Å²) in [6, 6.07) is 7.12. The Labute approximate surface area is 108 Å². The van der Waals surface area contributed by atoms with E-state index in [0.29, 0.717) is 5.69 Å². The molecule has 2 rings (SSSR count). The van der Waals surface area contributed by atoms with E-state index in [1.807, 2.05) is 0 Å². The third-order valence-corrected chi connectivity index (χ3v) is 2.54. The van der Waals surface area contributed by atoms with Crippen LogP contribution < -0.4 is 11.1 Å². The van der Waals surface area contributed by atoms with Crippen molar-refractivity contribution in [2.45, 2.75) is 0 Å². The molecule has 1 aromatic heterocycles. The topological polar surface area (TPSA) is 68.0 Å². The van der Waals surface area contributed by atoms with E-state index in [1.165, 1.54) is 36.5 Å². The maximum absolute atomic E-state index is 13.5. The number of carbonyl (C=O) groups excluding carboxylic acids is 1. The molecule has 92 valence electrons. The Morgan fingerprint density at radius 3 is 2.72 bits per heavy atom. The normalized spacial score (nSPS) is 10.1. The lowest BCUT2D eigenvalue weighted by molar-refractivity contribution is 0.102. The van der Waals surface area contributed by atoms with Crippen LogP contribution in [-0.2, 0) is 0 Å². The van der Waals surface area contributed by atoms with Crippen LogP contribution >= 0.6 is 11.6 Å². The molecule has 0 bridgehead atoms. The van der Waals surface area contributed by atoms with Crippen molar-refractivity contribution >= 4 is 28.9 Å². The zero-order chi connectivity index (χ0) is 13.1. The Morgan fingerprint density at radius 1 is 1.33 bits per heavy atom. The summed E-state index contributed by atoms with van der Waals surface area (Å²) in [6.45, 7) is 0. The Balaban J connectivity index is 2.24. The van der Waals surface area contributed by atoms with Gasteiger partial charge in [-0.15, -0.1) is 0 Å². The number of nitrogen functional groups attached to an aromatic ring is 1. The molecule has 0 aliphatic rings. The van der Waals surface area contributed by atoms with Crippen molar-refractivity contribution in [3.8, 4) is 0 Å². The lowest BCUT2D eigenvalue weighted by Gasteiger charge is -2.07. The van der Waals surface area contributed by atoms with Crippen LogP contribution in [0.4, 0.5) is 15.8 Å². The van der Waals surface area contributed by atoms with E-state index in [9.17, 15) is 9.18 Å². The minimum atomic E-state index is -0.605. The van der Waals surface area contributed by atoms with E-state index in [1.54, 1.807) is 0 Å². The second-order valence-electron chi connectivity index (χ2n) is 3.53. The van der Waals surface area contributed by atoms with Gasteiger partial charge in [-0.3, -0.25) is 4.79 Å². The first kappa shape index (κ1) is 12.3. The largest absolute Gasteiger partial charge is 0.397 e. The van der Waals surface area contributed by atoms with Crippen molar-refractivity contribution in [3.63, 3.8) is 0 Å². The third kappa shape index (κ3) is 2.57. The highest BCUT2D eigenvalue weighted by atomic mass is 35.5. The van der Waals surface area contributed by atoms with Crippen LogP contribution in [0.15, 0.2) is 36.5 Å². The zero-order valence-electron chi connectivity index (χ0n) is 9.15. The van der Waals surface area contributed by atoms with Gasteiger partial charge in [0.05, 0.1) is 22.6 Å². The van der Waals surface area contributed by atoms with Crippen molar-refractivity contribution in [1.82, 2.24) is 4.98 Å². The van der Waals surface area contributed by atoms with Gasteiger partial charge in [-0.2, -0.15) is 0 Å². The first-order valence-electron chi connectivity index (χ1n) is 5.05. The molecule has 0 aliphatic carbocycles. The highest BCUT2D eigenvalue weighted by molar-refractivity contribution is 6.33. The molecule has 0 aliphatic heterocycles. The van der Waals surface area contributed by atoms with E-state index < -0.39 is 11.7 Å². The zero-order valence-corrected chi connectivity index (χ0v) is 9.91. The molecule has 1 aromatic carbocycles. The summed E-state index contributed by atoms with van der Waals surface area (Å²) in [4.78, 5) is 15.6. The molecule has 0 fully saturated rings. The molecule has 4 nitrogen and oxygen atoms in total. The number of hydrogen-bond donors (Lipinski definition) is 2. The van der Waals surface area contributed by atoms with Crippen LogP contribution in [0.2, 0.25) is 5.02 Å². The van der Waals surface area contributed by atoms with Gasteiger partial charge in [-0.25, -0.2) is 9.37 Å². The van der Waals surface area contributed by atoms with Gasteiger partial charge in [0.1, 0.15) is 11.5 Å². The van der Waals surface area contributed by atoms with Crippen LogP contribution in [0.3, 0.4) is 0 Å². The summed E-state index contributed by atoms with van der Waals surface area (Å²) >= 11 is 5.79. The van der Waals surface area contributed by atoms with Crippen LogP contribution in [0.5, 0.6) is 0 Å². The summed E-state index contributed by atoms with van der Waals surface area (Å²) in [6.07, 6.45) is 1.35. The molecule has 0 radical (unpaired) electrons. The van der Waals surface area contributed by atoms with Gasteiger partial charge in [0.15, 0.2) is 0 Å². The average molecular weight is 266 g/mol. The molecule has 2 aromatic rings. The predicted molar refractivity (Wildman–Crippen MR) is 68.0 cm³/mol. The summed E-state index contributed by atoms with van der Waals surface area (Å²) < 4.78 is 13.5. The Hall–Kier alpha value is -2.14. The fraction of sp³-hybridized carbons (Fsp3) is 0. The minimum absolute atomic E-state index is 0.0669. The van der Waals surface area contributed by atoms with E-state index in [2.05, 4.69) is 10.3 Å². The number of para-hydroxylation sites is 1. The Bertz CT molecular complexity index is 566. The van der Waals surface area contributed by atoms with Gasteiger partial charge in [-0.1, -0.05) is 17.7 Å². The fourth-order valence-corrected chi connectivity index (χ4v) is 1.54. The fourth-order valence-electron chi connectivity index (χ4n) is 1.33. The minimum Gasteiger partial charge on any atom is -0.397 e. The van der Waals surface area contributed by atoms with Gasteiger partial charge >= 0.3 is 0 Å². The number of amides is 1. The number of rotatable bonds is 2. The SMILES string of the molecule is Nc1ccc(C(=O)Nc2c(F)cccc2Cl)nc1. The lowest BCUT2D eigenvalue weighted by Crippen LogP contribution is -2.15. The number of hydrogen-bond acceptors (Lipinski definition) is 3. The first-order valence-corrected chi connectivity index (χ1v) is 5.42. The summed E-state index contributed by atoms with van der Waals surface area (Å²) in [5.74, 6) is -1.16. The number of benzene rings is 1. The van der Waals surface area contributed by atoms with Crippen molar-refractivity contribution < 1.29 is 9.18 Å². The number of nitrogens with zero attached hydrogens (tertiary/aromatic N) is 1. The van der Waals surface area contributed by atoms with Gasteiger partial charge in [0.2, 0.25) is 0 Å². The smallest absolute Gasteiger partial charge is 0.274 e. The standard InChI is InChI=1S/C12H9ClFN3O/c13-8-2-1-3-9(14)11(8)17-12(18)10-5-4-7(15)6-16-10/h1-6H,15H2,(H,17,18). The van der Waals surface area contributed by atoms with Gasteiger partial charge in [0.25, 0.3) is 5.91 Å². The molecule has 0 atom stereocenters. The number of carbonyl (C=O) groups is 1. The second kappa shape index (κ2) is 5.01. The number of nitrogens with one attached hydrogen (secondary N) is 1. The number of halogens is 2. The molecule has 18 heavy (non-hydrogen) atoms. The molecule has 0 spiro atoms. The van der Waals surface area contributed by atoms with Crippen LogP contribution in [0, 0.1) is 5.82 Å². The number of aromatic nitrogens is 1. The van der Waals surface area contributed by atoms with Crippen molar-refractivity contribution in [3.05, 3.63) is 53.1 Å². The van der Waals surface area contributed by atoms with Gasteiger partial charge in [0, 0.05) is 0 Å². The number of anilines is 2. The summed E-state index contributed by atoms with van der Waals surface area (Å²) in [7, 11) is 0. The first-order chi connectivity index (χ1) is 8.58. The third-order valence-electron chi connectivity index (χ3n) is 2.22. The van der Waals surface area contributed by atoms with E-state index >= 15 is 0 Å². The monoisotopic (exact) mass is 265 g/mol. The number of pyridine rings is 1. The Kier molecular flexibility index (Phi) is 3.43. The van der Waals surface area contributed by atoms with Crippen molar-refractivity contribution in [1.29, 1.82) is 0 Å². The van der Waals surface area contributed by atoms with Crippen LogP contribution in [0.25, 0.3) is 0 Å². The van der Waals surface area contributed by atoms with Gasteiger partial charge < -0.3 is 11.1 Å². The quantitative estimate of drug-likeness (QED) is 0.877. The molecular formula is C12H9ClFN3O. The number of nitrogens with two attached hydrogens (primary N) is 1. The molecule has 0 unspecified atom stereocenters. The van der Waals surface area contributed by atoms with Crippen LogP contribution in [-0.4, -0.2) is 10.9 Å². The molecule has 0 saturated heterocycles. The molecule has 1 heterocycles. The van der Waals surface area contributed by atoms with Crippen molar-refractivity contribution in [2.24, 2.45) is 0 Å². The van der Waals surface area contributed by atoms with Gasteiger partial charge in [-0.05, 0) is 24.3 Å². The average Bonchev–Trinajstić information content (AvgIpc) is 2.34. The molecular weight excluding hydrogens is 257 g/mol. The molecule has 0 saturated carbocycles. The Morgan fingerprint density at radius 2 is 2.11 bits per heavy atom. The molecule has 6 heteroatoms. The lowest BCUT2D eigenvalue weighted by atomic mass is 10.2. The summed E-state index contributed by atoms with van der Waals surface area (Å²) in [5.41, 5.74) is 5.95. The highest BCUT2D eigenvalue weighted by Gasteiger charge is 2.12. The van der Waals surface area contributed by atoms with Crippen molar-refractivity contribution in [2.75, 3.05) is 11.1 Å².